The molecule has 0 saturated carbocycles. The molecule has 0 bridgehead atoms. The summed E-state index contributed by atoms with van der Waals surface area (Å²) in [6.45, 7) is 0. The first kappa shape index (κ1) is 16.3. The molecule has 4 nitrogen and oxygen atoms in total. The lowest BCUT2D eigenvalue weighted by atomic mass is 10.2. The average Bonchev–Trinajstić information content (AvgIpc) is 2.60. The van der Waals surface area contributed by atoms with Gasteiger partial charge in [-0.05, 0) is 42.5 Å². The van der Waals surface area contributed by atoms with Gasteiger partial charge < -0.3 is 10.6 Å². The molecule has 2 N–H and O–H groups in total. The van der Waals surface area contributed by atoms with E-state index in [0.29, 0.717) is 21.4 Å². The summed E-state index contributed by atoms with van der Waals surface area (Å²) in [7, 11) is 0. The summed E-state index contributed by atoms with van der Waals surface area (Å²) < 4.78 is 0. The number of nitrogens with one attached hydrogen (secondary N) is 2. The molecule has 6 heteroatoms. The summed E-state index contributed by atoms with van der Waals surface area (Å²) in [6, 6.07) is 17.7. The van der Waals surface area contributed by atoms with Gasteiger partial charge >= 0.3 is 0 Å². The maximum absolute atomic E-state index is 12.1. The van der Waals surface area contributed by atoms with Gasteiger partial charge in [-0.3, -0.25) is 4.79 Å². The molecule has 24 heavy (non-hydrogen) atoms. The second kappa shape index (κ2) is 7.34. The normalized spacial score (nSPS) is 10.2. The van der Waals surface area contributed by atoms with E-state index in [2.05, 4.69) is 15.6 Å². The molecule has 120 valence electrons. The van der Waals surface area contributed by atoms with Crippen molar-refractivity contribution in [1.29, 1.82) is 0 Å². The van der Waals surface area contributed by atoms with E-state index in [4.69, 9.17) is 23.2 Å². The maximum Gasteiger partial charge on any atom is 0.256 e. The first-order valence-electron chi connectivity index (χ1n) is 7.16. The summed E-state index contributed by atoms with van der Waals surface area (Å²) in [4.78, 5) is 16.3. The number of rotatable bonds is 4. The van der Waals surface area contributed by atoms with Crippen LogP contribution in [0.5, 0.6) is 0 Å². The Kier molecular flexibility index (Phi) is 4.99. The fourth-order valence-corrected chi connectivity index (χ4v) is 2.52. The third-order valence-corrected chi connectivity index (χ3v) is 3.80. The number of amides is 1. The Bertz CT molecular complexity index is 852. The minimum Gasteiger partial charge on any atom is -0.353 e. The van der Waals surface area contributed by atoms with Crippen LogP contribution in [0.25, 0.3) is 0 Å². The zero-order valence-electron chi connectivity index (χ0n) is 12.5. The highest BCUT2D eigenvalue weighted by Crippen LogP contribution is 2.28. The van der Waals surface area contributed by atoms with Crippen molar-refractivity contribution in [2.24, 2.45) is 0 Å². The van der Waals surface area contributed by atoms with Gasteiger partial charge in [-0.15, -0.1) is 0 Å². The van der Waals surface area contributed by atoms with Gasteiger partial charge in [-0.1, -0.05) is 41.4 Å². The largest absolute Gasteiger partial charge is 0.353 e. The van der Waals surface area contributed by atoms with Crippen LogP contribution in [0.2, 0.25) is 10.0 Å². The van der Waals surface area contributed by atoms with Gasteiger partial charge in [0.25, 0.3) is 5.91 Å². The SMILES string of the molecule is O=C(Nc1ccc(Nc2ccc(Cl)cc2Cl)cn1)c1ccccc1. The van der Waals surface area contributed by atoms with Gasteiger partial charge in [0.15, 0.2) is 0 Å². The van der Waals surface area contributed by atoms with E-state index < -0.39 is 0 Å². The third-order valence-electron chi connectivity index (χ3n) is 3.25. The molecule has 0 fully saturated rings. The summed E-state index contributed by atoms with van der Waals surface area (Å²) in [5.74, 6) is 0.265. The summed E-state index contributed by atoms with van der Waals surface area (Å²) in [5, 5.41) is 6.98. The van der Waals surface area contributed by atoms with Crippen molar-refractivity contribution in [3.05, 3.63) is 82.5 Å². The Morgan fingerprint density at radius 1 is 0.958 bits per heavy atom. The minimum atomic E-state index is -0.204. The standard InChI is InChI=1S/C18H13Cl2N3O/c19-13-6-8-16(15(20)10-13)22-14-7-9-17(21-11-14)23-18(24)12-4-2-1-3-5-12/h1-11,22H,(H,21,23,24). The predicted octanol–water partition coefficient (Wildman–Crippen LogP) is 5.38. The molecular formula is C18H13Cl2N3O. The van der Waals surface area contributed by atoms with Crippen molar-refractivity contribution in [3.8, 4) is 0 Å². The van der Waals surface area contributed by atoms with E-state index in [-0.39, 0.29) is 5.91 Å². The average molecular weight is 358 g/mol. The molecule has 0 radical (unpaired) electrons. The lowest BCUT2D eigenvalue weighted by Gasteiger charge is -2.09. The lowest BCUT2D eigenvalue weighted by Crippen LogP contribution is -2.12. The van der Waals surface area contributed by atoms with Crippen molar-refractivity contribution < 1.29 is 4.79 Å². The van der Waals surface area contributed by atoms with Crippen LogP contribution in [0.15, 0.2) is 66.9 Å². The highest BCUT2D eigenvalue weighted by molar-refractivity contribution is 6.36. The minimum absolute atomic E-state index is 0.204. The Morgan fingerprint density at radius 3 is 2.42 bits per heavy atom. The van der Waals surface area contributed by atoms with Crippen LogP contribution in [0.1, 0.15) is 10.4 Å². The molecule has 0 atom stereocenters. The third kappa shape index (κ3) is 4.04. The van der Waals surface area contributed by atoms with Crippen LogP contribution in [0, 0.1) is 0 Å². The maximum atomic E-state index is 12.1. The van der Waals surface area contributed by atoms with Gasteiger partial charge in [-0.25, -0.2) is 4.98 Å². The number of carbonyl (C=O) groups is 1. The fraction of sp³-hybridized carbons (Fsp3) is 0. The van der Waals surface area contributed by atoms with Crippen molar-refractivity contribution >= 4 is 46.3 Å². The number of hydrogen-bond donors (Lipinski definition) is 2. The second-order valence-corrected chi connectivity index (χ2v) is 5.85. The van der Waals surface area contributed by atoms with Crippen LogP contribution in [-0.4, -0.2) is 10.9 Å². The molecule has 3 rings (SSSR count). The van der Waals surface area contributed by atoms with E-state index in [1.165, 1.54) is 0 Å². The van der Waals surface area contributed by atoms with Gasteiger partial charge in [0.05, 0.1) is 22.6 Å². The summed E-state index contributed by atoms with van der Waals surface area (Å²) in [6.07, 6.45) is 1.62. The Balaban J connectivity index is 1.68. The number of anilines is 3. The molecule has 0 unspecified atom stereocenters. The van der Waals surface area contributed by atoms with E-state index in [0.717, 1.165) is 11.4 Å². The number of benzene rings is 2. The highest BCUT2D eigenvalue weighted by Gasteiger charge is 2.06. The van der Waals surface area contributed by atoms with Gasteiger partial charge in [0.2, 0.25) is 0 Å². The Morgan fingerprint density at radius 2 is 1.75 bits per heavy atom. The molecule has 1 aromatic heterocycles. The molecule has 1 heterocycles. The molecule has 3 aromatic rings. The Labute approximate surface area is 149 Å². The molecular weight excluding hydrogens is 345 g/mol. The summed E-state index contributed by atoms with van der Waals surface area (Å²) in [5.41, 5.74) is 2.05. The molecule has 1 amide bonds. The van der Waals surface area contributed by atoms with E-state index >= 15 is 0 Å². The summed E-state index contributed by atoms with van der Waals surface area (Å²) >= 11 is 12.0. The first-order valence-corrected chi connectivity index (χ1v) is 7.92. The number of carbonyl (C=O) groups excluding carboxylic acids is 1. The monoisotopic (exact) mass is 357 g/mol. The van der Waals surface area contributed by atoms with Gasteiger partial charge in [0, 0.05) is 10.6 Å². The van der Waals surface area contributed by atoms with E-state index in [1.807, 2.05) is 18.2 Å². The smallest absolute Gasteiger partial charge is 0.256 e. The second-order valence-electron chi connectivity index (χ2n) is 5.00. The fourth-order valence-electron chi connectivity index (χ4n) is 2.07. The van der Waals surface area contributed by atoms with Crippen molar-refractivity contribution in [3.63, 3.8) is 0 Å². The van der Waals surface area contributed by atoms with Crippen LogP contribution in [-0.2, 0) is 0 Å². The molecule has 0 saturated heterocycles. The Hall–Kier alpha value is -2.56. The quantitative estimate of drug-likeness (QED) is 0.658. The number of hydrogen-bond acceptors (Lipinski definition) is 3. The van der Waals surface area contributed by atoms with Gasteiger partial charge in [0.1, 0.15) is 5.82 Å². The van der Waals surface area contributed by atoms with Crippen molar-refractivity contribution in [2.45, 2.75) is 0 Å². The first-order chi connectivity index (χ1) is 11.6. The van der Waals surface area contributed by atoms with Crippen LogP contribution >= 0.6 is 23.2 Å². The zero-order chi connectivity index (χ0) is 16.9. The molecule has 0 aliphatic heterocycles. The van der Waals surface area contributed by atoms with Crippen molar-refractivity contribution in [2.75, 3.05) is 10.6 Å². The molecule has 2 aromatic carbocycles. The highest BCUT2D eigenvalue weighted by atomic mass is 35.5. The number of nitrogens with zero attached hydrogens (tertiary/aromatic N) is 1. The molecule has 0 aliphatic carbocycles. The lowest BCUT2D eigenvalue weighted by molar-refractivity contribution is 0.102. The molecule has 0 aliphatic rings. The van der Waals surface area contributed by atoms with E-state index in [1.54, 1.807) is 48.7 Å². The van der Waals surface area contributed by atoms with Gasteiger partial charge in [-0.2, -0.15) is 0 Å². The predicted molar refractivity (Wildman–Crippen MR) is 98.4 cm³/mol. The van der Waals surface area contributed by atoms with Crippen molar-refractivity contribution in [1.82, 2.24) is 4.98 Å². The molecule has 0 spiro atoms. The zero-order valence-corrected chi connectivity index (χ0v) is 14.0. The van der Waals surface area contributed by atoms with E-state index in [9.17, 15) is 4.79 Å². The number of aromatic nitrogens is 1. The number of halogens is 2. The van der Waals surface area contributed by atoms with Crippen LogP contribution < -0.4 is 10.6 Å². The topological polar surface area (TPSA) is 54.0 Å². The van der Waals surface area contributed by atoms with Crippen LogP contribution in [0.3, 0.4) is 0 Å². The number of pyridine rings is 1. The van der Waals surface area contributed by atoms with Crippen LogP contribution in [0.4, 0.5) is 17.2 Å².